The van der Waals surface area contributed by atoms with Crippen molar-refractivity contribution in [1.82, 2.24) is 0 Å². The van der Waals surface area contributed by atoms with E-state index in [1.807, 2.05) is 84.9 Å². The second-order valence-electron chi connectivity index (χ2n) is 6.48. The predicted molar refractivity (Wildman–Crippen MR) is 118 cm³/mol. The molecule has 0 unspecified atom stereocenters. The van der Waals surface area contributed by atoms with Crippen LogP contribution in [0.25, 0.3) is 12.2 Å². The Morgan fingerprint density at radius 1 is 0.828 bits per heavy atom. The van der Waals surface area contributed by atoms with Gasteiger partial charge in [-0.2, -0.15) is 0 Å². The molecule has 0 aliphatic carbocycles. The van der Waals surface area contributed by atoms with Crippen molar-refractivity contribution in [2.45, 2.75) is 6.61 Å². The number of carbonyl (C=O) groups excluding carboxylic acids is 1. The summed E-state index contributed by atoms with van der Waals surface area (Å²) in [5, 5.41) is 0. The van der Waals surface area contributed by atoms with Gasteiger partial charge in [-0.25, -0.2) is 0 Å². The lowest BCUT2D eigenvalue weighted by molar-refractivity contribution is 0.0889. The summed E-state index contributed by atoms with van der Waals surface area (Å²) in [7, 11) is 0. The molecule has 3 heteroatoms. The number of hydrogen-bond acceptors (Lipinski definition) is 3. The first-order chi connectivity index (χ1) is 14.2. The van der Waals surface area contributed by atoms with Crippen LogP contribution in [0.4, 0.5) is 0 Å². The van der Waals surface area contributed by atoms with E-state index in [2.05, 4.69) is 6.58 Å². The fourth-order valence-electron chi connectivity index (χ4n) is 2.70. The number of carbonyl (C=O) groups is 1. The van der Waals surface area contributed by atoms with E-state index in [1.54, 1.807) is 12.2 Å². The lowest BCUT2D eigenvalue weighted by atomic mass is 10.1. The zero-order chi connectivity index (χ0) is 20.3. The second-order valence-corrected chi connectivity index (χ2v) is 6.48. The van der Waals surface area contributed by atoms with Crippen molar-refractivity contribution in [3.05, 3.63) is 114 Å². The van der Waals surface area contributed by atoms with Gasteiger partial charge >= 0.3 is 0 Å². The van der Waals surface area contributed by atoms with Gasteiger partial charge in [-0.3, -0.25) is 4.79 Å². The summed E-state index contributed by atoms with van der Waals surface area (Å²) in [5.41, 5.74) is 3.85. The van der Waals surface area contributed by atoms with Gasteiger partial charge in [-0.15, -0.1) is 0 Å². The minimum absolute atomic E-state index is 0.0118. The van der Waals surface area contributed by atoms with Crippen molar-refractivity contribution < 1.29 is 14.3 Å². The van der Waals surface area contributed by atoms with Crippen molar-refractivity contribution in [2.24, 2.45) is 0 Å². The van der Waals surface area contributed by atoms with Gasteiger partial charge in [0, 0.05) is 5.56 Å². The molecular formula is C26H24O3. The van der Waals surface area contributed by atoms with Gasteiger partial charge in [0.1, 0.15) is 12.4 Å². The van der Waals surface area contributed by atoms with E-state index < -0.39 is 0 Å². The Bertz CT molecular complexity index is 940. The molecule has 0 fully saturated rings. The summed E-state index contributed by atoms with van der Waals surface area (Å²) in [5.74, 6) is 0.762. The monoisotopic (exact) mass is 384 g/mol. The molecule has 3 rings (SSSR count). The molecule has 0 atom stereocenters. The minimum atomic E-state index is -0.0118. The van der Waals surface area contributed by atoms with E-state index in [-0.39, 0.29) is 5.78 Å². The molecule has 0 bridgehead atoms. The topological polar surface area (TPSA) is 35.5 Å². The summed E-state index contributed by atoms with van der Waals surface area (Å²) < 4.78 is 11.3. The quantitative estimate of drug-likeness (QED) is 0.251. The molecule has 0 spiro atoms. The van der Waals surface area contributed by atoms with E-state index >= 15 is 0 Å². The van der Waals surface area contributed by atoms with E-state index in [4.69, 9.17) is 9.47 Å². The van der Waals surface area contributed by atoms with Crippen LogP contribution in [0.5, 0.6) is 5.75 Å². The van der Waals surface area contributed by atoms with E-state index in [0.29, 0.717) is 25.4 Å². The average Bonchev–Trinajstić information content (AvgIpc) is 2.79. The Balaban J connectivity index is 1.39. The molecule has 0 saturated carbocycles. The van der Waals surface area contributed by atoms with Crippen LogP contribution >= 0.6 is 0 Å². The molecule has 3 aromatic carbocycles. The number of ether oxygens (including phenoxy) is 2. The molecule has 3 nitrogen and oxygen atoms in total. The molecular weight excluding hydrogens is 360 g/mol. The van der Waals surface area contributed by atoms with Crippen molar-refractivity contribution in [2.75, 3.05) is 13.2 Å². The SMILES string of the molecule is C=Cc1ccc(COCCOc2ccc(C=CC(=O)c3ccccc3)cc2)cc1. The number of rotatable bonds is 10. The molecule has 0 aliphatic heterocycles. The van der Waals surface area contributed by atoms with Gasteiger partial charge in [0.05, 0.1) is 13.2 Å². The Kier molecular flexibility index (Phi) is 7.55. The first-order valence-electron chi connectivity index (χ1n) is 9.54. The largest absolute Gasteiger partial charge is 0.491 e. The van der Waals surface area contributed by atoms with Crippen molar-refractivity contribution >= 4 is 17.9 Å². The van der Waals surface area contributed by atoms with Crippen LogP contribution in [0, 0.1) is 0 Å². The van der Waals surface area contributed by atoms with E-state index in [0.717, 1.165) is 22.4 Å². The van der Waals surface area contributed by atoms with E-state index in [1.165, 1.54) is 0 Å². The fraction of sp³-hybridized carbons (Fsp3) is 0.115. The van der Waals surface area contributed by atoms with Gasteiger partial charge in [0.25, 0.3) is 0 Å². The third-order valence-electron chi connectivity index (χ3n) is 4.35. The van der Waals surface area contributed by atoms with Gasteiger partial charge in [-0.1, -0.05) is 85.5 Å². The Morgan fingerprint density at radius 3 is 2.21 bits per heavy atom. The molecule has 0 amide bonds. The highest BCUT2D eigenvalue weighted by molar-refractivity contribution is 6.06. The maximum atomic E-state index is 12.1. The van der Waals surface area contributed by atoms with Crippen LogP contribution in [0.15, 0.2) is 91.5 Å². The normalized spacial score (nSPS) is 10.8. The first kappa shape index (κ1) is 20.3. The van der Waals surface area contributed by atoms with Gasteiger partial charge in [-0.05, 0) is 34.9 Å². The third-order valence-corrected chi connectivity index (χ3v) is 4.35. The maximum Gasteiger partial charge on any atom is 0.185 e. The highest BCUT2D eigenvalue weighted by atomic mass is 16.5. The van der Waals surface area contributed by atoms with E-state index in [9.17, 15) is 4.79 Å². The molecule has 29 heavy (non-hydrogen) atoms. The Hall–Kier alpha value is -3.43. The first-order valence-corrected chi connectivity index (χ1v) is 9.54. The summed E-state index contributed by atoms with van der Waals surface area (Å²) in [4.78, 5) is 12.1. The third kappa shape index (κ3) is 6.59. The molecule has 0 radical (unpaired) electrons. The number of allylic oxidation sites excluding steroid dienone is 1. The van der Waals surface area contributed by atoms with Crippen LogP contribution < -0.4 is 4.74 Å². The molecule has 0 aromatic heterocycles. The Morgan fingerprint density at radius 2 is 1.52 bits per heavy atom. The summed E-state index contributed by atoms with van der Waals surface area (Å²) >= 11 is 0. The molecule has 0 saturated heterocycles. The molecule has 0 heterocycles. The van der Waals surface area contributed by atoms with Gasteiger partial charge < -0.3 is 9.47 Å². The molecule has 0 aliphatic rings. The van der Waals surface area contributed by atoms with Gasteiger partial charge in [0.2, 0.25) is 0 Å². The van der Waals surface area contributed by atoms with Gasteiger partial charge in [0.15, 0.2) is 5.78 Å². The second kappa shape index (κ2) is 10.8. The van der Waals surface area contributed by atoms with Crippen molar-refractivity contribution in [3.63, 3.8) is 0 Å². The molecule has 3 aromatic rings. The van der Waals surface area contributed by atoms with Crippen LogP contribution in [0.2, 0.25) is 0 Å². The van der Waals surface area contributed by atoms with Crippen LogP contribution in [0.3, 0.4) is 0 Å². The standard InChI is InChI=1S/C26H24O3/c1-2-21-8-10-23(11-9-21)20-28-18-19-29-25-15-12-22(13-16-25)14-17-26(27)24-6-4-3-5-7-24/h2-17H,1,18-20H2. The number of hydrogen-bond donors (Lipinski definition) is 0. The zero-order valence-electron chi connectivity index (χ0n) is 16.3. The zero-order valence-corrected chi connectivity index (χ0v) is 16.3. The number of benzene rings is 3. The highest BCUT2D eigenvalue weighted by Gasteiger charge is 2.00. The average molecular weight is 384 g/mol. The maximum absolute atomic E-state index is 12.1. The predicted octanol–water partition coefficient (Wildman–Crippen LogP) is 5.82. The van der Waals surface area contributed by atoms with Crippen LogP contribution in [-0.4, -0.2) is 19.0 Å². The summed E-state index contributed by atoms with van der Waals surface area (Å²) in [6.45, 7) is 5.29. The smallest absolute Gasteiger partial charge is 0.185 e. The van der Waals surface area contributed by atoms with Crippen LogP contribution in [-0.2, 0) is 11.3 Å². The fourth-order valence-corrected chi connectivity index (χ4v) is 2.70. The number of ketones is 1. The minimum Gasteiger partial charge on any atom is -0.491 e. The highest BCUT2D eigenvalue weighted by Crippen LogP contribution is 2.14. The van der Waals surface area contributed by atoms with Crippen molar-refractivity contribution in [3.8, 4) is 5.75 Å². The summed E-state index contributed by atoms with van der Waals surface area (Å²) in [6.07, 6.45) is 5.21. The van der Waals surface area contributed by atoms with Crippen molar-refractivity contribution in [1.29, 1.82) is 0 Å². The van der Waals surface area contributed by atoms with Crippen LogP contribution in [0.1, 0.15) is 27.0 Å². The molecule has 146 valence electrons. The lowest BCUT2D eigenvalue weighted by Crippen LogP contribution is -2.06. The summed E-state index contributed by atoms with van der Waals surface area (Å²) in [6, 6.07) is 25.0. The molecule has 0 N–H and O–H groups in total. The Labute approximate surface area is 171 Å². The lowest BCUT2D eigenvalue weighted by Gasteiger charge is -2.08.